The molecular weight excluding hydrogens is 198 g/mol. The monoisotopic (exact) mass is 225 g/mol. The van der Waals surface area contributed by atoms with E-state index in [2.05, 4.69) is 12.4 Å². The standard InChI is InChI=1S/C14H27NO/c1-15-12-8-10-14(11-9-12)16-13-6-4-2-3-5-7-13/h12-15H,2-11H2,1H3. The summed E-state index contributed by atoms with van der Waals surface area (Å²) in [6, 6.07) is 0.744. The van der Waals surface area contributed by atoms with Gasteiger partial charge in [0, 0.05) is 6.04 Å². The van der Waals surface area contributed by atoms with Gasteiger partial charge in [-0.3, -0.25) is 0 Å². The van der Waals surface area contributed by atoms with E-state index >= 15 is 0 Å². The van der Waals surface area contributed by atoms with Crippen molar-refractivity contribution in [1.29, 1.82) is 0 Å². The van der Waals surface area contributed by atoms with E-state index in [4.69, 9.17) is 4.74 Å². The number of hydrogen-bond donors (Lipinski definition) is 1. The summed E-state index contributed by atoms with van der Waals surface area (Å²) in [5, 5.41) is 3.38. The summed E-state index contributed by atoms with van der Waals surface area (Å²) in [5.74, 6) is 0. The first-order valence-corrected chi connectivity index (χ1v) is 7.21. The molecule has 1 N–H and O–H groups in total. The topological polar surface area (TPSA) is 21.3 Å². The summed E-state index contributed by atoms with van der Waals surface area (Å²) < 4.78 is 6.28. The average molecular weight is 225 g/mol. The average Bonchev–Trinajstić information content (AvgIpc) is 2.59. The van der Waals surface area contributed by atoms with Crippen LogP contribution in [0.4, 0.5) is 0 Å². The first-order valence-electron chi connectivity index (χ1n) is 7.21. The van der Waals surface area contributed by atoms with Crippen molar-refractivity contribution in [2.75, 3.05) is 7.05 Å². The lowest BCUT2D eigenvalue weighted by Gasteiger charge is -2.31. The minimum atomic E-state index is 0.563. The van der Waals surface area contributed by atoms with Crippen LogP contribution in [0.3, 0.4) is 0 Å². The lowest BCUT2D eigenvalue weighted by Crippen LogP contribution is -2.34. The molecule has 0 radical (unpaired) electrons. The fourth-order valence-electron chi connectivity index (χ4n) is 3.14. The molecule has 0 aliphatic heterocycles. The van der Waals surface area contributed by atoms with Gasteiger partial charge in [-0.15, -0.1) is 0 Å². The number of ether oxygens (including phenoxy) is 1. The van der Waals surface area contributed by atoms with Crippen LogP contribution in [0.5, 0.6) is 0 Å². The molecule has 0 unspecified atom stereocenters. The molecule has 2 aliphatic rings. The molecule has 94 valence electrons. The molecule has 0 saturated heterocycles. The Bertz CT molecular complexity index is 179. The van der Waals surface area contributed by atoms with Crippen molar-refractivity contribution < 1.29 is 4.74 Å². The van der Waals surface area contributed by atoms with E-state index in [0.29, 0.717) is 12.2 Å². The van der Waals surface area contributed by atoms with Crippen molar-refractivity contribution in [3.05, 3.63) is 0 Å². The zero-order valence-corrected chi connectivity index (χ0v) is 10.7. The van der Waals surface area contributed by atoms with Crippen LogP contribution < -0.4 is 5.32 Å². The van der Waals surface area contributed by atoms with Crippen molar-refractivity contribution in [3.8, 4) is 0 Å². The minimum Gasteiger partial charge on any atom is -0.375 e. The highest BCUT2D eigenvalue weighted by Crippen LogP contribution is 2.26. The smallest absolute Gasteiger partial charge is 0.0580 e. The van der Waals surface area contributed by atoms with E-state index < -0.39 is 0 Å². The molecular formula is C14H27NO. The van der Waals surface area contributed by atoms with Crippen molar-refractivity contribution in [2.45, 2.75) is 82.5 Å². The summed E-state index contributed by atoms with van der Waals surface area (Å²) in [7, 11) is 2.08. The van der Waals surface area contributed by atoms with Gasteiger partial charge in [0.15, 0.2) is 0 Å². The number of rotatable bonds is 3. The normalized spacial score (nSPS) is 33.6. The second-order valence-corrected chi connectivity index (χ2v) is 5.51. The van der Waals surface area contributed by atoms with Gasteiger partial charge < -0.3 is 10.1 Å². The highest BCUT2D eigenvalue weighted by molar-refractivity contribution is 4.77. The number of nitrogens with one attached hydrogen (secondary N) is 1. The molecule has 0 heterocycles. The Morgan fingerprint density at radius 2 is 1.31 bits per heavy atom. The van der Waals surface area contributed by atoms with Crippen LogP contribution in [0.1, 0.15) is 64.2 Å². The van der Waals surface area contributed by atoms with Crippen LogP contribution in [0.2, 0.25) is 0 Å². The van der Waals surface area contributed by atoms with Gasteiger partial charge in [0.1, 0.15) is 0 Å². The van der Waals surface area contributed by atoms with E-state index in [9.17, 15) is 0 Å². The molecule has 2 aliphatic carbocycles. The van der Waals surface area contributed by atoms with Crippen LogP contribution >= 0.6 is 0 Å². The van der Waals surface area contributed by atoms with Gasteiger partial charge in [0.05, 0.1) is 12.2 Å². The minimum absolute atomic E-state index is 0.563. The van der Waals surface area contributed by atoms with Crippen LogP contribution in [0, 0.1) is 0 Å². The molecule has 0 amide bonds. The first kappa shape index (κ1) is 12.4. The third kappa shape index (κ3) is 3.74. The molecule has 0 aromatic heterocycles. The second-order valence-electron chi connectivity index (χ2n) is 5.51. The highest BCUT2D eigenvalue weighted by atomic mass is 16.5. The summed E-state index contributed by atoms with van der Waals surface area (Å²) in [6.07, 6.45) is 14.5. The summed E-state index contributed by atoms with van der Waals surface area (Å²) in [6.45, 7) is 0. The third-order valence-electron chi connectivity index (χ3n) is 4.27. The maximum absolute atomic E-state index is 6.28. The summed E-state index contributed by atoms with van der Waals surface area (Å²) in [4.78, 5) is 0. The predicted molar refractivity (Wildman–Crippen MR) is 67.7 cm³/mol. The zero-order chi connectivity index (χ0) is 11.2. The van der Waals surface area contributed by atoms with Gasteiger partial charge in [0.25, 0.3) is 0 Å². The van der Waals surface area contributed by atoms with E-state index in [0.717, 1.165) is 6.04 Å². The van der Waals surface area contributed by atoms with E-state index in [1.807, 2.05) is 0 Å². The molecule has 2 rings (SSSR count). The zero-order valence-electron chi connectivity index (χ0n) is 10.7. The SMILES string of the molecule is CNC1CCC(OC2CCCCCC2)CC1. The first-order chi connectivity index (χ1) is 7.88. The Balaban J connectivity index is 1.69. The molecule has 16 heavy (non-hydrogen) atoms. The van der Waals surface area contributed by atoms with Crippen LogP contribution in [-0.4, -0.2) is 25.3 Å². The molecule has 0 bridgehead atoms. The van der Waals surface area contributed by atoms with Crippen molar-refractivity contribution in [2.24, 2.45) is 0 Å². The Kier molecular flexibility index (Phi) is 5.11. The fourth-order valence-corrected chi connectivity index (χ4v) is 3.14. The van der Waals surface area contributed by atoms with Gasteiger partial charge in [-0.25, -0.2) is 0 Å². The summed E-state index contributed by atoms with van der Waals surface area (Å²) >= 11 is 0. The van der Waals surface area contributed by atoms with Gasteiger partial charge in [0.2, 0.25) is 0 Å². The lowest BCUT2D eigenvalue weighted by atomic mass is 9.93. The molecule has 2 fully saturated rings. The Labute approximate surface area is 100 Å². The lowest BCUT2D eigenvalue weighted by molar-refractivity contribution is -0.0390. The maximum Gasteiger partial charge on any atom is 0.0580 e. The highest BCUT2D eigenvalue weighted by Gasteiger charge is 2.23. The Hall–Kier alpha value is -0.0800. The molecule has 0 atom stereocenters. The molecule has 2 saturated carbocycles. The number of hydrogen-bond acceptors (Lipinski definition) is 2. The molecule has 2 nitrogen and oxygen atoms in total. The largest absolute Gasteiger partial charge is 0.375 e. The molecule has 0 spiro atoms. The van der Waals surface area contributed by atoms with Gasteiger partial charge >= 0.3 is 0 Å². The predicted octanol–water partition coefficient (Wildman–Crippen LogP) is 3.26. The van der Waals surface area contributed by atoms with Gasteiger partial charge in [-0.1, -0.05) is 25.7 Å². The van der Waals surface area contributed by atoms with Gasteiger partial charge in [-0.05, 0) is 45.6 Å². The van der Waals surface area contributed by atoms with Crippen LogP contribution in [0.25, 0.3) is 0 Å². The van der Waals surface area contributed by atoms with Crippen LogP contribution in [-0.2, 0) is 4.74 Å². The Morgan fingerprint density at radius 1 is 0.750 bits per heavy atom. The quantitative estimate of drug-likeness (QED) is 0.744. The van der Waals surface area contributed by atoms with E-state index in [-0.39, 0.29) is 0 Å². The third-order valence-corrected chi connectivity index (χ3v) is 4.27. The van der Waals surface area contributed by atoms with Crippen molar-refractivity contribution in [3.63, 3.8) is 0 Å². The second kappa shape index (κ2) is 6.61. The Morgan fingerprint density at radius 3 is 1.88 bits per heavy atom. The molecule has 0 aromatic carbocycles. The molecule has 0 aromatic rings. The van der Waals surface area contributed by atoms with E-state index in [1.165, 1.54) is 64.2 Å². The van der Waals surface area contributed by atoms with Crippen molar-refractivity contribution >= 4 is 0 Å². The van der Waals surface area contributed by atoms with Gasteiger partial charge in [-0.2, -0.15) is 0 Å². The molecule has 2 heteroatoms. The van der Waals surface area contributed by atoms with Crippen molar-refractivity contribution in [1.82, 2.24) is 5.32 Å². The van der Waals surface area contributed by atoms with Crippen LogP contribution in [0.15, 0.2) is 0 Å². The van der Waals surface area contributed by atoms with E-state index in [1.54, 1.807) is 0 Å². The summed E-state index contributed by atoms with van der Waals surface area (Å²) in [5.41, 5.74) is 0. The maximum atomic E-state index is 6.28. The fraction of sp³-hybridized carbons (Fsp3) is 1.00.